The summed E-state index contributed by atoms with van der Waals surface area (Å²) in [6.07, 6.45) is -4.33. The number of hydrogen-bond acceptors (Lipinski definition) is 11. The average Bonchev–Trinajstić information content (AvgIpc) is 3.34. The Labute approximate surface area is 257 Å². The van der Waals surface area contributed by atoms with Crippen molar-refractivity contribution < 1.29 is 59.9 Å². The first-order chi connectivity index (χ1) is 21.4. The Hall–Kier alpha value is -4.50. The number of amides is 1. The summed E-state index contributed by atoms with van der Waals surface area (Å²) >= 11 is 0. The molecule has 7 unspecified atom stereocenters. The van der Waals surface area contributed by atoms with Gasteiger partial charge in [0, 0.05) is 18.1 Å². The molecule has 0 saturated carbocycles. The highest BCUT2D eigenvalue weighted by molar-refractivity contribution is 6.09. The first kappa shape index (κ1) is 31.9. The summed E-state index contributed by atoms with van der Waals surface area (Å²) < 4.78 is 10.6. The van der Waals surface area contributed by atoms with Crippen LogP contribution in [0.3, 0.4) is 0 Å². The van der Waals surface area contributed by atoms with Crippen LogP contribution in [0, 0.1) is 0 Å². The first-order valence-electron chi connectivity index (χ1n) is 14.1. The number of rotatable bonds is 9. The van der Waals surface area contributed by atoms with Crippen molar-refractivity contribution >= 4 is 23.6 Å². The molecule has 0 aliphatic carbocycles. The molecular formula is C32H33NO12. The average molecular weight is 624 g/mol. The summed E-state index contributed by atoms with van der Waals surface area (Å²) in [5, 5.41) is 82.1. The number of carbonyl (C=O) groups excluding carboxylic acids is 1. The third-order valence-corrected chi connectivity index (χ3v) is 8.00. The molecule has 7 atom stereocenters. The summed E-state index contributed by atoms with van der Waals surface area (Å²) in [5.74, 6) is -7.05. The van der Waals surface area contributed by atoms with Crippen molar-refractivity contribution in [2.24, 2.45) is 0 Å². The lowest BCUT2D eigenvalue weighted by Crippen LogP contribution is -2.67. The zero-order valence-electron chi connectivity index (χ0n) is 23.7. The van der Waals surface area contributed by atoms with Crippen LogP contribution >= 0.6 is 0 Å². The normalized spacial score (nSPS) is 27.8. The van der Waals surface area contributed by atoms with Gasteiger partial charge < -0.3 is 50.3 Å². The molecule has 2 heterocycles. The van der Waals surface area contributed by atoms with Crippen LogP contribution in [0.5, 0.6) is 17.2 Å². The second-order valence-electron chi connectivity index (χ2n) is 10.9. The highest BCUT2D eigenvalue weighted by Crippen LogP contribution is 2.49. The molecule has 0 radical (unpaired) electrons. The van der Waals surface area contributed by atoms with Crippen LogP contribution in [0.2, 0.25) is 0 Å². The summed E-state index contributed by atoms with van der Waals surface area (Å²) in [6, 6.07) is 16.1. The van der Waals surface area contributed by atoms with E-state index in [4.69, 9.17) is 9.47 Å². The number of ether oxygens (including phenoxy) is 2. The number of aromatic hydroxyl groups is 2. The van der Waals surface area contributed by atoms with E-state index < -0.39 is 72.3 Å². The lowest BCUT2D eigenvalue weighted by molar-refractivity contribution is -0.422. The van der Waals surface area contributed by atoms with Crippen LogP contribution in [0.4, 0.5) is 5.69 Å². The van der Waals surface area contributed by atoms with Gasteiger partial charge in [0.05, 0.1) is 12.3 Å². The van der Waals surface area contributed by atoms with Crippen molar-refractivity contribution in [1.82, 2.24) is 0 Å². The second kappa shape index (κ2) is 12.9. The Kier molecular flexibility index (Phi) is 9.11. The van der Waals surface area contributed by atoms with Gasteiger partial charge in [0.2, 0.25) is 0 Å². The summed E-state index contributed by atoms with van der Waals surface area (Å²) in [6.45, 7) is -0.869. The molecule has 13 nitrogen and oxygen atoms in total. The van der Waals surface area contributed by atoms with E-state index in [1.807, 2.05) is 30.3 Å². The molecule has 0 aromatic heterocycles. The molecule has 5 rings (SSSR count). The van der Waals surface area contributed by atoms with E-state index in [1.54, 1.807) is 12.1 Å². The number of anilines is 1. The van der Waals surface area contributed by atoms with E-state index in [0.29, 0.717) is 17.5 Å². The predicted octanol–water partition coefficient (Wildman–Crippen LogP) is 0.826. The number of phenols is 2. The Morgan fingerprint density at radius 2 is 1.67 bits per heavy atom. The van der Waals surface area contributed by atoms with E-state index in [-0.39, 0.29) is 17.9 Å². The fraction of sp³-hybridized carbons (Fsp3) is 0.312. The van der Waals surface area contributed by atoms with Crippen LogP contribution in [0.25, 0.3) is 6.08 Å². The summed E-state index contributed by atoms with van der Waals surface area (Å²) in [4.78, 5) is 27.4. The number of aliphatic carboxylic acids is 1. The zero-order chi connectivity index (χ0) is 32.5. The number of hydrogen-bond donors (Lipinski definition) is 8. The molecule has 1 fully saturated rings. The van der Waals surface area contributed by atoms with Gasteiger partial charge >= 0.3 is 11.9 Å². The SMILES string of the molecule is O=C(O)C1C(CCc2ccccc2)c2cc(O)c(OC3(O)OC(CO)C(O)C(O)C3O)cc2N1C(=O)C=Cc1ccc(O)cc1. The van der Waals surface area contributed by atoms with Crippen molar-refractivity contribution in [3.63, 3.8) is 0 Å². The van der Waals surface area contributed by atoms with Gasteiger partial charge in [-0.3, -0.25) is 9.69 Å². The van der Waals surface area contributed by atoms with Crippen molar-refractivity contribution in [3.8, 4) is 17.2 Å². The third-order valence-electron chi connectivity index (χ3n) is 8.00. The standard InChI is InChI=1S/C32H33NO12/c34-16-25-28(38)29(39)30(40)32(43,45-25)44-24-15-22-21(14-23(24)36)20(12-8-17-4-2-1-3-5-17)27(31(41)42)33(22)26(37)13-9-18-6-10-19(35)11-7-18/h1-7,9-11,13-15,20,25,27-30,34-36,38-40,43H,8,12,16H2,(H,41,42). The van der Waals surface area contributed by atoms with Crippen molar-refractivity contribution in [2.75, 3.05) is 11.5 Å². The molecule has 13 heteroatoms. The van der Waals surface area contributed by atoms with E-state index in [2.05, 4.69) is 0 Å². The Balaban J connectivity index is 1.54. The van der Waals surface area contributed by atoms with Gasteiger partial charge in [0.15, 0.2) is 17.6 Å². The summed E-state index contributed by atoms with van der Waals surface area (Å²) in [5.41, 5.74) is 1.80. The zero-order valence-corrected chi connectivity index (χ0v) is 23.7. The predicted molar refractivity (Wildman–Crippen MR) is 157 cm³/mol. The van der Waals surface area contributed by atoms with Gasteiger partial charge in [-0.25, -0.2) is 4.79 Å². The quantitative estimate of drug-likeness (QED) is 0.123. The molecule has 1 saturated heterocycles. The fourth-order valence-electron chi connectivity index (χ4n) is 5.68. The molecule has 0 spiro atoms. The van der Waals surface area contributed by atoms with Gasteiger partial charge in [-0.1, -0.05) is 42.5 Å². The Morgan fingerprint density at radius 3 is 2.31 bits per heavy atom. The molecule has 0 bridgehead atoms. The third kappa shape index (κ3) is 6.35. The number of carboxylic acid groups (broad SMARTS) is 1. The molecular weight excluding hydrogens is 590 g/mol. The van der Waals surface area contributed by atoms with E-state index in [1.165, 1.54) is 24.3 Å². The number of benzene rings is 3. The van der Waals surface area contributed by atoms with Crippen LogP contribution < -0.4 is 9.64 Å². The monoisotopic (exact) mass is 623 g/mol. The maximum absolute atomic E-state index is 13.7. The lowest BCUT2D eigenvalue weighted by atomic mass is 9.88. The molecule has 8 N–H and O–H groups in total. The molecule has 3 aromatic carbocycles. The molecule has 2 aliphatic heterocycles. The molecule has 1 amide bonds. The number of phenolic OH excluding ortho intramolecular Hbond substituents is 2. The molecule has 2 aliphatic rings. The van der Waals surface area contributed by atoms with E-state index in [0.717, 1.165) is 22.6 Å². The number of aliphatic hydroxyl groups is 5. The van der Waals surface area contributed by atoms with E-state index in [9.17, 15) is 50.4 Å². The number of nitrogens with zero attached hydrogens (tertiary/aromatic N) is 1. The molecule has 45 heavy (non-hydrogen) atoms. The number of fused-ring (bicyclic) bond motifs is 1. The van der Waals surface area contributed by atoms with Gasteiger partial charge in [-0.2, -0.15) is 0 Å². The minimum absolute atomic E-state index is 0.0209. The van der Waals surface area contributed by atoms with Gasteiger partial charge in [0.1, 0.15) is 30.1 Å². The number of carboxylic acids is 1. The van der Waals surface area contributed by atoms with Crippen LogP contribution in [-0.2, 0) is 20.7 Å². The highest BCUT2D eigenvalue weighted by Gasteiger charge is 2.56. The van der Waals surface area contributed by atoms with Crippen molar-refractivity contribution in [3.05, 3.63) is 89.5 Å². The van der Waals surface area contributed by atoms with Gasteiger partial charge in [0.25, 0.3) is 5.91 Å². The van der Waals surface area contributed by atoms with Gasteiger partial charge in [-0.15, -0.1) is 0 Å². The van der Waals surface area contributed by atoms with Crippen LogP contribution in [-0.4, -0.2) is 95.8 Å². The topological polar surface area (TPSA) is 218 Å². The minimum atomic E-state index is -3.07. The molecule has 3 aromatic rings. The maximum Gasteiger partial charge on any atom is 0.355 e. The number of aryl methyl sites for hydroxylation is 1. The molecule has 238 valence electrons. The highest BCUT2D eigenvalue weighted by atomic mass is 16.8. The maximum atomic E-state index is 13.7. The van der Waals surface area contributed by atoms with Gasteiger partial charge in [-0.05, 0) is 53.8 Å². The van der Waals surface area contributed by atoms with Crippen molar-refractivity contribution in [2.45, 2.75) is 55.2 Å². The van der Waals surface area contributed by atoms with E-state index >= 15 is 0 Å². The fourth-order valence-corrected chi connectivity index (χ4v) is 5.68. The summed E-state index contributed by atoms with van der Waals surface area (Å²) in [7, 11) is 0. The largest absolute Gasteiger partial charge is 0.508 e. The Morgan fingerprint density at radius 1 is 0.978 bits per heavy atom. The lowest BCUT2D eigenvalue weighted by Gasteiger charge is -2.44. The first-order valence-corrected chi connectivity index (χ1v) is 14.1. The minimum Gasteiger partial charge on any atom is -0.508 e. The Bertz CT molecular complexity index is 1560. The van der Waals surface area contributed by atoms with Crippen molar-refractivity contribution in [1.29, 1.82) is 0 Å². The second-order valence-corrected chi connectivity index (χ2v) is 10.9. The van der Waals surface area contributed by atoms with Crippen LogP contribution in [0.1, 0.15) is 29.0 Å². The number of carbonyl (C=O) groups is 2. The number of aliphatic hydroxyl groups excluding tert-OH is 4. The van der Waals surface area contributed by atoms with Crippen LogP contribution in [0.15, 0.2) is 72.8 Å². The smallest absolute Gasteiger partial charge is 0.355 e.